The van der Waals surface area contributed by atoms with Crippen molar-refractivity contribution < 1.29 is 19.2 Å². The fourth-order valence-corrected chi connectivity index (χ4v) is 5.18. The van der Waals surface area contributed by atoms with Gasteiger partial charge >= 0.3 is 0 Å². The van der Waals surface area contributed by atoms with E-state index in [1.165, 1.54) is 0 Å². The van der Waals surface area contributed by atoms with Crippen LogP contribution in [0.3, 0.4) is 0 Å². The van der Waals surface area contributed by atoms with E-state index in [1.807, 2.05) is 71.0 Å². The molecule has 0 aliphatic heterocycles. The van der Waals surface area contributed by atoms with Crippen molar-refractivity contribution in [1.82, 2.24) is 0 Å². The molecule has 162 valence electrons. The number of ketones is 4. The molecule has 0 bridgehead atoms. The maximum Gasteiger partial charge on any atom is 0.144 e. The normalized spacial score (nSPS) is 22.6. The van der Waals surface area contributed by atoms with E-state index < -0.39 is 17.8 Å². The molecule has 0 amide bonds. The molecule has 0 heterocycles. The van der Waals surface area contributed by atoms with Gasteiger partial charge in [-0.3, -0.25) is 19.2 Å². The highest BCUT2D eigenvalue weighted by Gasteiger charge is 2.52. The minimum Gasteiger partial charge on any atom is -0.378 e. The number of rotatable bonds is 4. The number of Topliss-reactive ketones (excluding diaryl/α,β-unsaturated/α-hetero) is 4. The van der Waals surface area contributed by atoms with E-state index >= 15 is 0 Å². The molecule has 0 spiro atoms. The van der Waals surface area contributed by atoms with E-state index in [-0.39, 0.29) is 59.6 Å². The molecule has 3 rings (SSSR count). The summed E-state index contributed by atoms with van der Waals surface area (Å²) < 4.78 is 0. The third-order valence-corrected chi connectivity index (χ3v) is 6.51. The molecule has 5 heteroatoms. The SMILES string of the molecule is CN(C)c1ccc(C(C2C(=O)CC(C)(C)CC2=O)C2C(=O)CC(C)(C)CC2=O)cc1. The molecule has 2 aliphatic rings. The summed E-state index contributed by atoms with van der Waals surface area (Å²) in [5.41, 5.74) is 0.930. The van der Waals surface area contributed by atoms with Crippen LogP contribution in [0.4, 0.5) is 5.69 Å². The van der Waals surface area contributed by atoms with Gasteiger partial charge in [-0.15, -0.1) is 0 Å². The number of benzene rings is 1. The van der Waals surface area contributed by atoms with Gasteiger partial charge in [-0.1, -0.05) is 39.8 Å². The van der Waals surface area contributed by atoms with Gasteiger partial charge in [0.05, 0.1) is 11.8 Å². The number of hydrogen-bond donors (Lipinski definition) is 0. The summed E-state index contributed by atoms with van der Waals surface area (Å²) in [5, 5.41) is 0. The Morgan fingerprint density at radius 1 is 0.700 bits per heavy atom. The van der Waals surface area contributed by atoms with Crippen LogP contribution in [0.15, 0.2) is 24.3 Å². The van der Waals surface area contributed by atoms with Crippen LogP contribution in [-0.2, 0) is 19.2 Å². The topological polar surface area (TPSA) is 71.5 Å². The van der Waals surface area contributed by atoms with E-state index in [0.717, 1.165) is 11.3 Å². The molecular formula is C25H33NO4. The zero-order chi connectivity index (χ0) is 22.4. The molecular weight excluding hydrogens is 378 g/mol. The highest BCUT2D eigenvalue weighted by molar-refractivity contribution is 6.11. The summed E-state index contributed by atoms with van der Waals surface area (Å²) in [6.07, 6.45) is 1.15. The third kappa shape index (κ3) is 4.40. The third-order valence-electron chi connectivity index (χ3n) is 6.51. The molecule has 0 N–H and O–H groups in total. The molecule has 0 radical (unpaired) electrons. The van der Waals surface area contributed by atoms with Crippen molar-refractivity contribution >= 4 is 28.8 Å². The van der Waals surface area contributed by atoms with Crippen LogP contribution in [0.5, 0.6) is 0 Å². The zero-order valence-corrected chi connectivity index (χ0v) is 19.0. The predicted octanol–water partition coefficient (Wildman–Crippen LogP) is 3.99. The number of carbonyl (C=O) groups excluding carboxylic acids is 4. The van der Waals surface area contributed by atoms with Crippen LogP contribution >= 0.6 is 0 Å². The van der Waals surface area contributed by atoms with Crippen molar-refractivity contribution in [2.24, 2.45) is 22.7 Å². The Morgan fingerprint density at radius 2 is 1.03 bits per heavy atom. The average molecular weight is 412 g/mol. The molecule has 2 aliphatic carbocycles. The lowest BCUT2D eigenvalue weighted by molar-refractivity contribution is -0.145. The number of nitrogens with zero attached hydrogens (tertiary/aromatic N) is 1. The Morgan fingerprint density at radius 3 is 1.33 bits per heavy atom. The van der Waals surface area contributed by atoms with Crippen LogP contribution in [0.25, 0.3) is 0 Å². The second-order valence-corrected chi connectivity index (χ2v) is 10.9. The van der Waals surface area contributed by atoms with Crippen LogP contribution in [0.2, 0.25) is 0 Å². The Labute approximate surface area is 179 Å². The van der Waals surface area contributed by atoms with Gasteiger partial charge in [0.2, 0.25) is 0 Å². The fourth-order valence-electron chi connectivity index (χ4n) is 5.18. The Kier molecular flexibility index (Phi) is 5.78. The van der Waals surface area contributed by atoms with Gasteiger partial charge in [0, 0.05) is 51.4 Å². The Balaban J connectivity index is 2.08. The van der Waals surface area contributed by atoms with E-state index in [4.69, 9.17) is 0 Å². The van der Waals surface area contributed by atoms with Crippen molar-refractivity contribution in [1.29, 1.82) is 0 Å². The molecule has 2 fully saturated rings. The average Bonchev–Trinajstić information content (AvgIpc) is 2.57. The number of anilines is 1. The molecule has 2 saturated carbocycles. The second kappa shape index (κ2) is 7.75. The number of hydrogen-bond acceptors (Lipinski definition) is 5. The number of carbonyl (C=O) groups is 4. The molecule has 0 atom stereocenters. The smallest absolute Gasteiger partial charge is 0.144 e. The van der Waals surface area contributed by atoms with E-state index in [0.29, 0.717) is 0 Å². The van der Waals surface area contributed by atoms with Crippen LogP contribution < -0.4 is 4.90 Å². The summed E-state index contributed by atoms with van der Waals surface area (Å²) in [7, 11) is 3.86. The summed E-state index contributed by atoms with van der Waals surface area (Å²) in [4.78, 5) is 54.5. The predicted molar refractivity (Wildman–Crippen MR) is 117 cm³/mol. The van der Waals surface area contributed by atoms with Crippen LogP contribution in [0.1, 0.15) is 64.9 Å². The van der Waals surface area contributed by atoms with Crippen molar-refractivity contribution in [2.45, 2.75) is 59.3 Å². The minimum atomic E-state index is -0.928. The lowest BCUT2D eigenvalue weighted by atomic mass is 9.59. The van der Waals surface area contributed by atoms with Gasteiger partial charge in [0.25, 0.3) is 0 Å². The van der Waals surface area contributed by atoms with Crippen molar-refractivity contribution in [3.63, 3.8) is 0 Å². The van der Waals surface area contributed by atoms with Gasteiger partial charge in [0.15, 0.2) is 0 Å². The summed E-state index contributed by atoms with van der Waals surface area (Å²) in [5.74, 6) is -3.17. The van der Waals surface area contributed by atoms with Gasteiger partial charge in [-0.2, -0.15) is 0 Å². The lowest BCUT2D eigenvalue weighted by Crippen LogP contribution is -2.48. The fraction of sp³-hybridized carbons (Fsp3) is 0.600. The second-order valence-electron chi connectivity index (χ2n) is 10.9. The molecule has 0 saturated heterocycles. The van der Waals surface area contributed by atoms with E-state index in [9.17, 15) is 19.2 Å². The highest BCUT2D eigenvalue weighted by atomic mass is 16.2. The first-order valence-corrected chi connectivity index (χ1v) is 10.7. The van der Waals surface area contributed by atoms with E-state index in [2.05, 4.69) is 0 Å². The van der Waals surface area contributed by atoms with Crippen LogP contribution in [-0.4, -0.2) is 37.2 Å². The first kappa shape index (κ1) is 22.4. The van der Waals surface area contributed by atoms with Gasteiger partial charge in [0.1, 0.15) is 23.1 Å². The quantitative estimate of drug-likeness (QED) is 0.701. The Bertz CT molecular complexity index is 791. The van der Waals surface area contributed by atoms with Gasteiger partial charge < -0.3 is 4.90 Å². The molecule has 0 aromatic heterocycles. The summed E-state index contributed by atoms with van der Waals surface area (Å²) in [6.45, 7) is 7.66. The molecule has 5 nitrogen and oxygen atoms in total. The van der Waals surface area contributed by atoms with Crippen molar-refractivity contribution in [2.75, 3.05) is 19.0 Å². The first-order valence-electron chi connectivity index (χ1n) is 10.7. The summed E-state index contributed by atoms with van der Waals surface area (Å²) >= 11 is 0. The van der Waals surface area contributed by atoms with Gasteiger partial charge in [-0.05, 0) is 28.5 Å². The maximum atomic E-state index is 13.1. The lowest BCUT2D eigenvalue weighted by Gasteiger charge is -2.41. The Hall–Kier alpha value is -2.30. The first-order chi connectivity index (χ1) is 13.8. The molecule has 0 unspecified atom stereocenters. The molecule has 30 heavy (non-hydrogen) atoms. The van der Waals surface area contributed by atoms with Crippen molar-refractivity contribution in [3.05, 3.63) is 29.8 Å². The highest BCUT2D eigenvalue weighted by Crippen LogP contribution is 2.47. The molecule has 1 aromatic rings. The summed E-state index contributed by atoms with van der Waals surface area (Å²) in [6, 6.07) is 7.54. The van der Waals surface area contributed by atoms with E-state index in [1.54, 1.807) is 0 Å². The largest absolute Gasteiger partial charge is 0.378 e. The van der Waals surface area contributed by atoms with Crippen molar-refractivity contribution in [3.8, 4) is 0 Å². The monoisotopic (exact) mass is 411 g/mol. The standard InChI is InChI=1S/C25H33NO4/c1-24(2)11-17(27)22(18(28)12-24)21(15-7-9-16(10-8-15)26(5)6)23-19(29)13-25(3,4)14-20(23)30/h7-10,21-23H,11-14H2,1-6H3. The molecule has 1 aromatic carbocycles. The maximum absolute atomic E-state index is 13.1. The minimum absolute atomic E-state index is 0.150. The van der Waals surface area contributed by atoms with Gasteiger partial charge in [-0.25, -0.2) is 0 Å². The van der Waals surface area contributed by atoms with Crippen LogP contribution in [0, 0.1) is 22.7 Å². The zero-order valence-electron chi connectivity index (χ0n) is 19.0.